The predicted molar refractivity (Wildman–Crippen MR) is 125 cm³/mol. The van der Waals surface area contributed by atoms with Gasteiger partial charge in [0.1, 0.15) is 12.3 Å². The van der Waals surface area contributed by atoms with Crippen molar-refractivity contribution in [1.29, 1.82) is 0 Å². The Morgan fingerprint density at radius 2 is 2.09 bits per heavy atom. The second-order valence-electron chi connectivity index (χ2n) is 9.03. The van der Waals surface area contributed by atoms with Gasteiger partial charge in [-0.3, -0.25) is 9.50 Å². The van der Waals surface area contributed by atoms with Crippen molar-refractivity contribution in [3.05, 3.63) is 30.4 Å². The first-order valence-corrected chi connectivity index (χ1v) is 11.7. The summed E-state index contributed by atoms with van der Waals surface area (Å²) in [6.07, 6.45) is 3.78. The molecule has 0 bridgehead atoms. The first kappa shape index (κ1) is 22.4. The van der Waals surface area contributed by atoms with Gasteiger partial charge in [0, 0.05) is 62.3 Å². The second kappa shape index (κ2) is 9.45. The number of nitrogens with zero attached hydrogens (tertiary/aromatic N) is 5. The van der Waals surface area contributed by atoms with Crippen molar-refractivity contribution in [1.82, 2.24) is 35.2 Å². The van der Waals surface area contributed by atoms with Crippen molar-refractivity contribution >= 4 is 29.2 Å². The Hall–Kier alpha value is -3.41. The van der Waals surface area contributed by atoms with Crippen molar-refractivity contribution in [2.75, 3.05) is 36.4 Å². The quantitative estimate of drug-likeness (QED) is 0.432. The van der Waals surface area contributed by atoms with E-state index in [1.54, 1.807) is 12.3 Å². The van der Waals surface area contributed by atoms with Crippen LogP contribution in [0.3, 0.4) is 0 Å². The lowest BCUT2D eigenvalue weighted by Crippen LogP contribution is -2.43. The van der Waals surface area contributed by atoms with Gasteiger partial charge in [0.05, 0.1) is 11.9 Å². The number of carbonyl (C=O) groups is 1. The van der Waals surface area contributed by atoms with Crippen LogP contribution in [0.25, 0.3) is 5.65 Å². The van der Waals surface area contributed by atoms with Gasteiger partial charge in [-0.1, -0.05) is 0 Å². The van der Waals surface area contributed by atoms with Crippen LogP contribution in [-0.4, -0.2) is 75.2 Å². The number of alkyl halides is 1. The molecule has 3 aromatic rings. The van der Waals surface area contributed by atoms with Crippen LogP contribution in [0.5, 0.6) is 0 Å². The minimum Gasteiger partial charge on any atom is -0.443 e. The van der Waals surface area contributed by atoms with Crippen LogP contribution in [0, 0.1) is 0 Å². The van der Waals surface area contributed by atoms with Crippen LogP contribution < -0.4 is 20.9 Å². The average molecular weight is 472 g/mol. The molecular weight excluding hydrogens is 441 g/mol. The number of aromatic nitrogens is 5. The first-order chi connectivity index (χ1) is 16.5. The number of alkyl carbamates (subject to hydrolysis) is 1. The third kappa shape index (κ3) is 4.49. The number of fused-ring (bicyclic) bond motifs is 1. The Bertz CT molecular complexity index is 1140. The molecule has 182 valence electrons. The molecule has 0 unspecified atom stereocenters. The zero-order chi connectivity index (χ0) is 23.7. The zero-order valence-corrected chi connectivity index (χ0v) is 19.3. The Kier molecular flexibility index (Phi) is 6.22. The minimum absolute atomic E-state index is 0.0644. The molecule has 1 saturated carbocycles. The summed E-state index contributed by atoms with van der Waals surface area (Å²) in [6.45, 7) is 7.30. The van der Waals surface area contributed by atoms with E-state index in [1.165, 1.54) is 0 Å². The van der Waals surface area contributed by atoms with Crippen LogP contribution in [0.4, 0.5) is 26.6 Å². The van der Waals surface area contributed by atoms with Gasteiger partial charge >= 0.3 is 6.09 Å². The lowest BCUT2D eigenvalue weighted by Gasteiger charge is -2.29. The SMILES string of the molecule is CC(C)NC(=O)O[C@@H]1CC[C@H](c2cc(Nc3ncc(N4CCNCC4)c4nccn34)n[nH]2)[C@@H]1F. The lowest BCUT2D eigenvalue weighted by molar-refractivity contribution is 0.0555. The summed E-state index contributed by atoms with van der Waals surface area (Å²) >= 11 is 0. The van der Waals surface area contributed by atoms with Gasteiger partial charge in [-0.15, -0.1) is 0 Å². The van der Waals surface area contributed by atoms with Crippen LogP contribution in [-0.2, 0) is 4.74 Å². The number of nitrogens with one attached hydrogen (secondary N) is 4. The van der Waals surface area contributed by atoms with E-state index >= 15 is 4.39 Å². The molecule has 0 spiro atoms. The Labute approximate surface area is 196 Å². The molecule has 12 heteroatoms. The molecule has 2 aliphatic rings. The number of H-pyrrole nitrogens is 1. The molecule has 4 N–H and O–H groups in total. The lowest BCUT2D eigenvalue weighted by atomic mass is 10.0. The van der Waals surface area contributed by atoms with Crippen LogP contribution in [0.15, 0.2) is 24.7 Å². The monoisotopic (exact) mass is 471 g/mol. The molecule has 2 fully saturated rings. The van der Waals surface area contributed by atoms with Crippen molar-refractivity contribution < 1.29 is 13.9 Å². The summed E-state index contributed by atoms with van der Waals surface area (Å²) in [4.78, 5) is 23.2. The summed E-state index contributed by atoms with van der Waals surface area (Å²) in [5.41, 5.74) is 2.46. The predicted octanol–water partition coefficient (Wildman–Crippen LogP) is 2.32. The number of hydrogen-bond acceptors (Lipinski definition) is 8. The van der Waals surface area contributed by atoms with Crippen molar-refractivity contribution in [3.63, 3.8) is 0 Å². The number of rotatable bonds is 6. The highest BCUT2D eigenvalue weighted by molar-refractivity contribution is 5.71. The number of anilines is 3. The second-order valence-corrected chi connectivity index (χ2v) is 9.03. The Morgan fingerprint density at radius 3 is 2.88 bits per heavy atom. The summed E-state index contributed by atoms with van der Waals surface area (Å²) in [6, 6.07) is 1.72. The maximum Gasteiger partial charge on any atom is 0.407 e. The number of imidazole rings is 1. The topological polar surface area (TPSA) is 124 Å². The molecule has 3 aromatic heterocycles. The molecule has 1 aliphatic heterocycles. The Balaban J connectivity index is 1.28. The normalized spacial score (nSPS) is 22.9. The number of piperazine rings is 1. The smallest absolute Gasteiger partial charge is 0.407 e. The van der Waals surface area contributed by atoms with Gasteiger partial charge in [-0.2, -0.15) is 5.10 Å². The van der Waals surface area contributed by atoms with E-state index in [9.17, 15) is 4.79 Å². The number of carbonyl (C=O) groups excluding carboxylic acids is 1. The molecule has 34 heavy (non-hydrogen) atoms. The van der Waals surface area contributed by atoms with Crippen molar-refractivity contribution in [3.8, 4) is 0 Å². The zero-order valence-electron chi connectivity index (χ0n) is 19.3. The highest BCUT2D eigenvalue weighted by Gasteiger charge is 2.41. The standard InChI is InChI=1S/C22H30FN9O2/c1-13(2)27-22(33)34-17-4-3-14(19(17)23)15-11-18(30-29-15)28-21-26-12-16(20-25-7-10-32(20)21)31-8-5-24-6-9-31/h7,10-14,17,19,24H,3-6,8-9H2,1-2H3,(H,27,33)(H2,26,28,29,30)/t14-,17-,19+/m1/s1. The number of hydrogen-bond donors (Lipinski definition) is 4. The van der Waals surface area contributed by atoms with E-state index in [0.717, 1.165) is 37.5 Å². The van der Waals surface area contributed by atoms with E-state index in [2.05, 4.69) is 41.0 Å². The fourth-order valence-electron chi connectivity index (χ4n) is 4.61. The molecule has 4 heterocycles. The molecule has 0 aromatic carbocycles. The first-order valence-electron chi connectivity index (χ1n) is 11.7. The molecular formula is C22H30FN9O2. The van der Waals surface area contributed by atoms with Crippen LogP contribution in [0.2, 0.25) is 0 Å². The van der Waals surface area contributed by atoms with Crippen molar-refractivity contribution in [2.45, 2.75) is 50.9 Å². The number of halogens is 1. The number of aromatic amines is 1. The van der Waals surface area contributed by atoms with E-state index in [-0.39, 0.29) is 6.04 Å². The van der Waals surface area contributed by atoms with Gasteiger partial charge in [-0.25, -0.2) is 19.2 Å². The maximum absolute atomic E-state index is 15.1. The molecule has 1 aliphatic carbocycles. The van der Waals surface area contributed by atoms with Crippen LogP contribution in [0.1, 0.15) is 38.3 Å². The van der Waals surface area contributed by atoms with Gasteiger partial charge < -0.3 is 25.6 Å². The van der Waals surface area contributed by atoms with Gasteiger partial charge in [0.25, 0.3) is 0 Å². The highest BCUT2D eigenvalue weighted by atomic mass is 19.1. The third-order valence-electron chi connectivity index (χ3n) is 6.27. The van der Waals surface area contributed by atoms with E-state index in [4.69, 9.17) is 4.74 Å². The van der Waals surface area contributed by atoms with Gasteiger partial charge in [0.2, 0.25) is 5.95 Å². The van der Waals surface area contributed by atoms with Crippen molar-refractivity contribution in [2.24, 2.45) is 0 Å². The summed E-state index contributed by atoms with van der Waals surface area (Å²) in [5.74, 6) is 0.678. The van der Waals surface area contributed by atoms with E-state index in [0.29, 0.717) is 30.3 Å². The number of amides is 1. The van der Waals surface area contributed by atoms with Gasteiger partial charge in [0.15, 0.2) is 11.5 Å². The molecule has 5 rings (SSSR count). The van der Waals surface area contributed by atoms with E-state index < -0.39 is 24.3 Å². The molecule has 0 radical (unpaired) electrons. The summed E-state index contributed by atoms with van der Waals surface area (Å²) in [7, 11) is 0. The fourth-order valence-corrected chi connectivity index (χ4v) is 4.61. The maximum atomic E-state index is 15.1. The third-order valence-corrected chi connectivity index (χ3v) is 6.27. The number of ether oxygens (including phenoxy) is 1. The summed E-state index contributed by atoms with van der Waals surface area (Å²) < 4.78 is 22.2. The molecule has 11 nitrogen and oxygen atoms in total. The molecule has 1 amide bonds. The fraction of sp³-hybridized carbons (Fsp3) is 0.545. The minimum atomic E-state index is -1.30. The molecule has 1 saturated heterocycles. The average Bonchev–Trinajstić information content (AvgIpc) is 3.55. The van der Waals surface area contributed by atoms with Gasteiger partial charge in [-0.05, 0) is 26.7 Å². The van der Waals surface area contributed by atoms with E-state index in [1.807, 2.05) is 30.6 Å². The largest absolute Gasteiger partial charge is 0.443 e. The molecule has 3 atom stereocenters. The highest BCUT2D eigenvalue weighted by Crippen LogP contribution is 2.38. The Morgan fingerprint density at radius 1 is 1.26 bits per heavy atom. The summed E-state index contributed by atoms with van der Waals surface area (Å²) in [5, 5.41) is 16.4. The van der Waals surface area contributed by atoms with Crippen LogP contribution >= 0.6 is 0 Å².